The summed E-state index contributed by atoms with van der Waals surface area (Å²) in [5.41, 5.74) is 0.347. The summed E-state index contributed by atoms with van der Waals surface area (Å²) >= 11 is 1.80. The number of para-hydroxylation sites is 1. The third-order valence-corrected chi connectivity index (χ3v) is 4.38. The molecule has 0 bridgehead atoms. The molecule has 0 aromatic heterocycles. The van der Waals surface area contributed by atoms with Gasteiger partial charge in [-0.2, -0.15) is 11.8 Å². The third kappa shape index (κ3) is 2.32. The maximum absolute atomic E-state index is 11.8. The summed E-state index contributed by atoms with van der Waals surface area (Å²) in [6, 6.07) is 6.60. The van der Waals surface area contributed by atoms with Gasteiger partial charge in [-0.25, -0.2) is 0 Å². The predicted molar refractivity (Wildman–Crippen MR) is 65.9 cm³/mol. The summed E-state index contributed by atoms with van der Waals surface area (Å²) in [6.07, 6.45) is 4.39. The molecule has 16 heavy (non-hydrogen) atoms. The van der Waals surface area contributed by atoms with Crippen molar-refractivity contribution in [1.82, 2.24) is 5.32 Å². The van der Waals surface area contributed by atoms with Crippen molar-refractivity contribution < 1.29 is 9.90 Å². The van der Waals surface area contributed by atoms with Crippen LogP contribution in [0.15, 0.2) is 24.3 Å². The highest BCUT2D eigenvalue weighted by Gasteiger charge is 2.42. The van der Waals surface area contributed by atoms with Gasteiger partial charge in [-0.05, 0) is 31.2 Å². The first kappa shape index (κ1) is 11.3. The smallest absolute Gasteiger partial charge is 0.255 e. The SMILES string of the molecule is CSC1(CNC(=O)c2ccccc2O)CC1. The van der Waals surface area contributed by atoms with Crippen molar-refractivity contribution in [1.29, 1.82) is 0 Å². The maximum Gasteiger partial charge on any atom is 0.255 e. The Labute approximate surface area is 99.2 Å². The second kappa shape index (κ2) is 4.37. The highest BCUT2D eigenvalue weighted by atomic mass is 32.2. The van der Waals surface area contributed by atoms with Crippen LogP contribution in [0.5, 0.6) is 5.75 Å². The van der Waals surface area contributed by atoms with Gasteiger partial charge in [-0.15, -0.1) is 0 Å². The van der Waals surface area contributed by atoms with Crippen LogP contribution in [0.2, 0.25) is 0 Å². The molecule has 0 aliphatic heterocycles. The summed E-state index contributed by atoms with van der Waals surface area (Å²) in [5, 5.41) is 12.4. The Kier molecular flexibility index (Phi) is 3.10. The number of phenolic OH excluding ortho intramolecular Hbond substituents is 1. The Bertz CT molecular complexity index is 402. The van der Waals surface area contributed by atoms with Crippen LogP contribution in [0.3, 0.4) is 0 Å². The Morgan fingerprint density at radius 3 is 2.75 bits per heavy atom. The first-order chi connectivity index (χ1) is 7.67. The van der Waals surface area contributed by atoms with E-state index in [9.17, 15) is 9.90 Å². The van der Waals surface area contributed by atoms with Gasteiger partial charge in [0, 0.05) is 11.3 Å². The van der Waals surface area contributed by atoms with E-state index in [1.54, 1.807) is 30.0 Å². The molecule has 1 aliphatic carbocycles. The van der Waals surface area contributed by atoms with Crippen LogP contribution in [0.4, 0.5) is 0 Å². The molecular weight excluding hydrogens is 222 g/mol. The van der Waals surface area contributed by atoms with Crippen LogP contribution in [-0.4, -0.2) is 28.6 Å². The second-order valence-electron chi connectivity index (χ2n) is 4.09. The zero-order valence-electron chi connectivity index (χ0n) is 9.19. The molecule has 0 unspecified atom stereocenters. The van der Waals surface area contributed by atoms with Crippen LogP contribution in [0.1, 0.15) is 23.2 Å². The minimum absolute atomic E-state index is 0.0361. The molecule has 0 saturated heterocycles. The van der Waals surface area contributed by atoms with E-state index in [1.165, 1.54) is 6.07 Å². The van der Waals surface area contributed by atoms with Gasteiger partial charge in [-0.3, -0.25) is 4.79 Å². The van der Waals surface area contributed by atoms with Gasteiger partial charge in [0.05, 0.1) is 5.56 Å². The number of aromatic hydroxyl groups is 1. The van der Waals surface area contributed by atoms with Crippen molar-refractivity contribution in [2.75, 3.05) is 12.8 Å². The van der Waals surface area contributed by atoms with Gasteiger partial charge in [-0.1, -0.05) is 12.1 Å². The lowest BCUT2D eigenvalue weighted by Gasteiger charge is -2.13. The quantitative estimate of drug-likeness (QED) is 0.842. The van der Waals surface area contributed by atoms with E-state index in [2.05, 4.69) is 11.6 Å². The average molecular weight is 237 g/mol. The molecule has 2 N–H and O–H groups in total. The molecule has 2 rings (SSSR count). The normalized spacial score (nSPS) is 16.8. The number of thioether (sulfide) groups is 1. The summed E-state index contributed by atoms with van der Waals surface area (Å²) < 4.78 is 0.250. The fourth-order valence-electron chi connectivity index (χ4n) is 1.59. The number of benzene rings is 1. The molecule has 0 radical (unpaired) electrons. The standard InChI is InChI=1S/C12H15NO2S/c1-16-12(6-7-12)8-13-11(15)9-4-2-3-5-10(9)14/h2-5,14H,6-8H2,1H3,(H,13,15). The molecule has 0 heterocycles. The van der Waals surface area contributed by atoms with Gasteiger partial charge in [0.1, 0.15) is 5.75 Å². The number of hydrogen-bond acceptors (Lipinski definition) is 3. The van der Waals surface area contributed by atoms with Crippen LogP contribution in [-0.2, 0) is 0 Å². The lowest BCUT2D eigenvalue weighted by atomic mass is 10.2. The summed E-state index contributed by atoms with van der Waals surface area (Å²) in [4.78, 5) is 11.8. The van der Waals surface area contributed by atoms with Crippen LogP contribution in [0.25, 0.3) is 0 Å². The molecule has 0 atom stereocenters. The van der Waals surface area contributed by atoms with Crippen LogP contribution >= 0.6 is 11.8 Å². The molecule has 1 aromatic carbocycles. The van der Waals surface area contributed by atoms with Crippen molar-refractivity contribution >= 4 is 17.7 Å². The monoisotopic (exact) mass is 237 g/mol. The fourth-order valence-corrected chi connectivity index (χ4v) is 2.32. The second-order valence-corrected chi connectivity index (χ2v) is 5.36. The first-order valence-electron chi connectivity index (χ1n) is 5.28. The van der Waals surface area contributed by atoms with Gasteiger partial charge in [0.25, 0.3) is 5.91 Å². The Morgan fingerprint density at radius 2 is 2.19 bits per heavy atom. The number of phenols is 1. The molecule has 1 amide bonds. The highest BCUT2D eigenvalue weighted by Crippen LogP contribution is 2.46. The Balaban J connectivity index is 1.96. The van der Waals surface area contributed by atoms with E-state index < -0.39 is 0 Å². The van der Waals surface area contributed by atoms with Crippen LogP contribution in [0, 0.1) is 0 Å². The lowest BCUT2D eigenvalue weighted by molar-refractivity contribution is 0.0950. The minimum atomic E-state index is -0.196. The van der Waals surface area contributed by atoms with E-state index in [4.69, 9.17) is 0 Å². The third-order valence-electron chi connectivity index (χ3n) is 2.96. The van der Waals surface area contributed by atoms with Gasteiger partial charge in [0.15, 0.2) is 0 Å². The fraction of sp³-hybridized carbons (Fsp3) is 0.417. The van der Waals surface area contributed by atoms with Crippen LogP contribution < -0.4 is 5.32 Å². The Morgan fingerprint density at radius 1 is 1.50 bits per heavy atom. The first-order valence-corrected chi connectivity index (χ1v) is 6.51. The zero-order chi connectivity index (χ0) is 11.6. The van der Waals surface area contributed by atoms with Gasteiger partial charge >= 0.3 is 0 Å². The van der Waals surface area contributed by atoms with E-state index in [1.807, 2.05) is 0 Å². The van der Waals surface area contributed by atoms with Crippen molar-refractivity contribution in [3.63, 3.8) is 0 Å². The molecule has 1 saturated carbocycles. The van der Waals surface area contributed by atoms with Crippen molar-refractivity contribution in [3.05, 3.63) is 29.8 Å². The summed E-state index contributed by atoms with van der Waals surface area (Å²) in [6.45, 7) is 0.682. The molecule has 1 aromatic rings. The number of nitrogens with one attached hydrogen (secondary N) is 1. The van der Waals surface area contributed by atoms with Crippen molar-refractivity contribution in [2.24, 2.45) is 0 Å². The van der Waals surface area contributed by atoms with Crippen molar-refractivity contribution in [2.45, 2.75) is 17.6 Å². The topological polar surface area (TPSA) is 49.3 Å². The molecule has 86 valence electrons. The zero-order valence-corrected chi connectivity index (χ0v) is 10.0. The predicted octanol–water partition coefficient (Wildman–Crippen LogP) is 2.02. The van der Waals surface area contributed by atoms with Gasteiger partial charge in [0.2, 0.25) is 0 Å². The summed E-state index contributed by atoms with van der Waals surface area (Å²) in [7, 11) is 0. The molecular formula is C12H15NO2S. The minimum Gasteiger partial charge on any atom is -0.507 e. The van der Waals surface area contributed by atoms with E-state index >= 15 is 0 Å². The van der Waals surface area contributed by atoms with E-state index in [-0.39, 0.29) is 16.4 Å². The number of amides is 1. The largest absolute Gasteiger partial charge is 0.507 e. The molecule has 1 aliphatic rings. The van der Waals surface area contributed by atoms with Gasteiger partial charge < -0.3 is 10.4 Å². The molecule has 1 fully saturated rings. The molecule has 4 heteroatoms. The Hall–Kier alpha value is -1.16. The van der Waals surface area contributed by atoms with Crippen molar-refractivity contribution in [3.8, 4) is 5.75 Å². The summed E-state index contributed by atoms with van der Waals surface area (Å²) in [5.74, 6) is -0.160. The highest BCUT2D eigenvalue weighted by molar-refractivity contribution is 8.00. The lowest BCUT2D eigenvalue weighted by Crippen LogP contribution is -2.31. The number of hydrogen-bond donors (Lipinski definition) is 2. The number of rotatable bonds is 4. The molecule has 3 nitrogen and oxygen atoms in total. The number of carbonyl (C=O) groups is 1. The van der Waals surface area contributed by atoms with E-state index in [0.29, 0.717) is 12.1 Å². The molecule has 0 spiro atoms. The van der Waals surface area contributed by atoms with E-state index in [0.717, 1.165) is 12.8 Å². The number of carbonyl (C=O) groups excluding carboxylic acids is 1. The average Bonchev–Trinajstić information content (AvgIpc) is 3.07. The maximum atomic E-state index is 11.8.